The molecule has 5 heteroatoms. The molecule has 3 rings (SSSR count). The Bertz CT molecular complexity index is 639. The van der Waals surface area contributed by atoms with Gasteiger partial charge in [0.25, 0.3) is 5.56 Å². The summed E-state index contributed by atoms with van der Waals surface area (Å²) in [7, 11) is 0. The number of H-pyrrole nitrogens is 1. The van der Waals surface area contributed by atoms with Gasteiger partial charge in [-0.2, -0.15) is 11.8 Å². The zero-order valence-electron chi connectivity index (χ0n) is 8.87. The molecule has 0 atom stereocenters. The quantitative estimate of drug-likeness (QED) is 0.881. The van der Waals surface area contributed by atoms with Gasteiger partial charge in [-0.05, 0) is 6.07 Å². The zero-order chi connectivity index (χ0) is 11.8. The molecule has 2 aromatic rings. The standard InChI is InChI=1S/C12H9BrN2OS/c13-9-4-2-1-3-7(9)11-14-10-6-17-5-8(10)12(16)15-11/h1-4H,5-6H2,(H,14,15,16). The summed E-state index contributed by atoms with van der Waals surface area (Å²) in [6.07, 6.45) is 0. The maximum atomic E-state index is 11.9. The molecule has 1 aromatic carbocycles. The van der Waals surface area contributed by atoms with Crippen molar-refractivity contribution in [2.24, 2.45) is 0 Å². The predicted octanol–water partition coefficient (Wildman–Crippen LogP) is 2.95. The second-order valence-electron chi connectivity index (χ2n) is 3.81. The van der Waals surface area contributed by atoms with E-state index in [9.17, 15) is 4.79 Å². The molecule has 1 aliphatic heterocycles. The van der Waals surface area contributed by atoms with Crippen LogP contribution in [0.3, 0.4) is 0 Å². The van der Waals surface area contributed by atoms with Gasteiger partial charge in [0.15, 0.2) is 0 Å². The van der Waals surface area contributed by atoms with Crippen molar-refractivity contribution in [3.8, 4) is 11.4 Å². The lowest BCUT2D eigenvalue weighted by Gasteiger charge is -2.05. The minimum atomic E-state index is -0.00856. The molecule has 1 N–H and O–H groups in total. The summed E-state index contributed by atoms with van der Waals surface area (Å²) in [6, 6.07) is 7.76. The number of nitrogens with zero attached hydrogens (tertiary/aromatic N) is 1. The fourth-order valence-electron chi connectivity index (χ4n) is 1.84. The Labute approximate surface area is 111 Å². The molecular weight excluding hydrogens is 300 g/mol. The van der Waals surface area contributed by atoms with Crippen LogP contribution >= 0.6 is 27.7 Å². The van der Waals surface area contributed by atoms with Crippen molar-refractivity contribution in [2.75, 3.05) is 0 Å². The van der Waals surface area contributed by atoms with Crippen molar-refractivity contribution < 1.29 is 0 Å². The summed E-state index contributed by atoms with van der Waals surface area (Å²) < 4.78 is 0.939. The molecule has 0 fully saturated rings. The van der Waals surface area contributed by atoms with Crippen molar-refractivity contribution in [3.63, 3.8) is 0 Å². The molecule has 0 radical (unpaired) electrons. The Kier molecular flexibility index (Phi) is 2.80. The lowest BCUT2D eigenvalue weighted by atomic mass is 10.2. The summed E-state index contributed by atoms with van der Waals surface area (Å²) in [4.78, 5) is 19.3. The largest absolute Gasteiger partial charge is 0.306 e. The Morgan fingerprint density at radius 3 is 2.94 bits per heavy atom. The average molecular weight is 309 g/mol. The molecule has 0 unspecified atom stereocenters. The van der Waals surface area contributed by atoms with Gasteiger partial charge in [0.1, 0.15) is 5.82 Å². The summed E-state index contributed by atoms with van der Waals surface area (Å²) in [5.74, 6) is 2.24. The Balaban J connectivity index is 2.20. The van der Waals surface area contributed by atoms with Crippen LogP contribution in [0.1, 0.15) is 11.3 Å². The molecule has 0 saturated heterocycles. The summed E-state index contributed by atoms with van der Waals surface area (Å²) >= 11 is 5.20. The van der Waals surface area contributed by atoms with E-state index in [0.29, 0.717) is 5.82 Å². The normalized spacial score (nSPS) is 13.7. The molecule has 1 aromatic heterocycles. The molecule has 3 nitrogen and oxygen atoms in total. The van der Waals surface area contributed by atoms with Gasteiger partial charge in [0.2, 0.25) is 0 Å². The maximum Gasteiger partial charge on any atom is 0.255 e. The lowest BCUT2D eigenvalue weighted by Crippen LogP contribution is -2.15. The molecule has 0 spiro atoms. The van der Waals surface area contributed by atoms with E-state index in [4.69, 9.17) is 0 Å². The number of halogens is 1. The SMILES string of the molecule is O=c1[nH]c(-c2ccccc2Br)nc2c1CSC2. The van der Waals surface area contributed by atoms with E-state index in [0.717, 1.165) is 32.8 Å². The first kappa shape index (κ1) is 11.0. The van der Waals surface area contributed by atoms with E-state index in [1.807, 2.05) is 24.3 Å². The number of thioether (sulfide) groups is 1. The Hall–Kier alpha value is -1.07. The van der Waals surface area contributed by atoms with Gasteiger partial charge < -0.3 is 4.98 Å². The third kappa shape index (κ3) is 1.93. The van der Waals surface area contributed by atoms with Crippen LogP contribution in [0.15, 0.2) is 33.5 Å². The van der Waals surface area contributed by atoms with E-state index in [1.54, 1.807) is 11.8 Å². The monoisotopic (exact) mass is 308 g/mol. The molecule has 0 saturated carbocycles. The highest BCUT2D eigenvalue weighted by Crippen LogP contribution is 2.29. The van der Waals surface area contributed by atoms with Crippen LogP contribution in [0.2, 0.25) is 0 Å². The van der Waals surface area contributed by atoms with Crippen LogP contribution in [0.4, 0.5) is 0 Å². The molecule has 17 heavy (non-hydrogen) atoms. The smallest absolute Gasteiger partial charge is 0.255 e. The van der Waals surface area contributed by atoms with Crippen LogP contribution in [0.25, 0.3) is 11.4 Å². The number of fused-ring (bicyclic) bond motifs is 1. The van der Waals surface area contributed by atoms with Gasteiger partial charge in [-0.3, -0.25) is 4.79 Å². The molecule has 0 bridgehead atoms. The fourth-order valence-corrected chi connectivity index (χ4v) is 3.35. The van der Waals surface area contributed by atoms with Crippen LogP contribution in [-0.4, -0.2) is 9.97 Å². The molecule has 1 aliphatic rings. The third-order valence-electron chi connectivity index (χ3n) is 2.72. The fraction of sp³-hybridized carbons (Fsp3) is 0.167. The van der Waals surface area contributed by atoms with Crippen LogP contribution in [0, 0.1) is 0 Å². The number of hydrogen-bond acceptors (Lipinski definition) is 3. The van der Waals surface area contributed by atoms with Crippen molar-refractivity contribution in [1.82, 2.24) is 9.97 Å². The molecule has 0 aliphatic carbocycles. The summed E-state index contributed by atoms with van der Waals surface area (Å²) in [6.45, 7) is 0. The van der Waals surface area contributed by atoms with E-state index >= 15 is 0 Å². The highest BCUT2D eigenvalue weighted by atomic mass is 79.9. The number of benzene rings is 1. The Morgan fingerprint density at radius 2 is 2.12 bits per heavy atom. The molecule has 86 valence electrons. The zero-order valence-corrected chi connectivity index (χ0v) is 11.3. The summed E-state index contributed by atoms with van der Waals surface area (Å²) in [5.41, 5.74) is 2.66. The van der Waals surface area contributed by atoms with Crippen LogP contribution in [0.5, 0.6) is 0 Å². The second-order valence-corrected chi connectivity index (χ2v) is 5.65. The van der Waals surface area contributed by atoms with Gasteiger partial charge >= 0.3 is 0 Å². The average Bonchev–Trinajstić information content (AvgIpc) is 2.78. The van der Waals surface area contributed by atoms with Crippen molar-refractivity contribution in [3.05, 3.63) is 50.3 Å². The van der Waals surface area contributed by atoms with Crippen molar-refractivity contribution in [1.29, 1.82) is 0 Å². The van der Waals surface area contributed by atoms with Gasteiger partial charge in [-0.25, -0.2) is 4.98 Å². The highest BCUT2D eigenvalue weighted by molar-refractivity contribution is 9.10. The van der Waals surface area contributed by atoms with E-state index in [1.165, 1.54) is 0 Å². The van der Waals surface area contributed by atoms with E-state index in [2.05, 4.69) is 25.9 Å². The van der Waals surface area contributed by atoms with Crippen molar-refractivity contribution >= 4 is 27.7 Å². The van der Waals surface area contributed by atoms with E-state index < -0.39 is 0 Å². The van der Waals surface area contributed by atoms with Gasteiger partial charge in [0.05, 0.1) is 5.69 Å². The molecule has 0 amide bonds. The Morgan fingerprint density at radius 1 is 1.29 bits per heavy atom. The van der Waals surface area contributed by atoms with Gasteiger partial charge in [-0.15, -0.1) is 0 Å². The van der Waals surface area contributed by atoms with Crippen LogP contribution in [-0.2, 0) is 11.5 Å². The highest BCUT2D eigenvalue weighted by Gasteiger charge is 2.18. The minimum absolute atomic E-state index is 0.00856. The number of hydrogen-bond donors (Lipinski definition) is 1. The number of rotatable bonds is 1. The minimum Gasteiger partial charge on any atom is -0.306 e. The predicted molar refractivity (Wildman–Crippen MR) is 73.0 cm³/mol. The number of aromatic nitrogens is 2. The second kappa shape index (κ2) is 4.31. The third-order valence-corrected chi connectivity index (χ3v) is 4.38. The van der Waals surface area contributed by atoms with Crippen molar-refractivity contribution in [2.45, 2.75) is 11.5 Å². The first-order chi connectivity index (χ1) is 8.25. The van der Waals surface area contributed by atoms with E-state index in [-0.39, 0.29) is 5.56 Å². The maximum absolute atomic E-state index is 11.9. The topological polar surface area (TPSA) is 45.8 Å². The van der Waals surface area contributed by atoms with Gasteiger partial charge in [0, 0.05) is 27.1 Å². The lowest BCUT2D eigenvalue weighted by molar-refractivity contribution is 1.03. The molecular formula is C12H9BrN2OS. The first-order valence-electron chi connectivity index (χ1n) is 5.20. The number of nitrogens with one attached hydrogen (secondary N) is 1. The first-order valence-corrected chi connectivity index (χ1v) is 7.15. The summed E-state index contributed by atoms with van der Waals surface area (Å²) in [5, 5.41) is 0. The molecule has 2 heterocycles. The van der Waals surface area contributed by atoms with Gasteiger partial charge in [-0.1, -0.05) is 34.1 Å². The number of aromatic amines is 1. The van der Waals surface area contributed by atoms with Crippen LogP contribution < -0.4 is 5.56 Å².